The Morgan fingerprint density at radius 2 is 2.28 bits per heavy atom. The number of anilines is 1. The van der Waals surface area contributed by atoms with Crippen molar-refractivity contribution < 1.29 is 4.79 Å². The van der Waals surface area contributed by atoms with E-state index in [-0.39, 0.29) is 5.91 Å². The van der Waals surface area contributed by atoms with Crippen molar-refractivity contribution in [1.29, 1.82) is 0 Å². The van der Waals surface area contributed by atoms with Crippen LogP contribution >= 0.6 is 11.3 Å². The number of amides is 1. The fourth-order valence-electron chi connectivity index (χ4n) is 1.41. The maximum Gasteiger partial charge on any atom is 0.261 e. The first kappa shape index (κ1) is 12.5. The Balaban J connectivity index is 1.72. The van der Waals surface area contributed by atoms with Gasteiger partial charge in [-0.1, -0.05) is 6.07 Å². The molecule has 0 spiro atoms. The molecular formula is C12H14N4OS. The number of nitrogens with one attached hydrogen (secondary N) is 2. The molecule has 0 fully saturated rings. The minimum atomic E-state index is -0.0364. The fraction of sp³-hybridized carbons (Fsp3) is 0.250. The number of nitrogens with zero attached hydrogens (tertiary/aromatic N) is 2. The molecule has 2 heterocycles. The number of carbonyl (C=O) groups excluding carboxylic acids is 1. The second-order valence-corrected chi connectivity index (χ2v) is 4.65. The first-order valence-electron chi connectivity index (χ1n) is 5.60. The van der Waals surface area contributed by atoms with Gasteiger partial charge in [-0.05, 0) is 18.4 Å². The van der Waals surface area contributed by atoms with Crippen LogP contribution in [0.2, 0.25) is 0 Å². The Kier molecular flexibility index (Phi) is 4.25. The molecule has 0 unspecified atom stereocenters. The third-order valence-electron chi connectivity index (χ3n) is 2.27. The number of aryl methyl sites for hydroxylation is 1. The average molecular weight is 262 g/mol. The highest BCUT2D eigenvalue weighted by Crippen LogP contribution is 2.07. The zero-order chi connectivity index (χ0) is 12.8. The lowest BCUT2D eigenvalue weighted by Crippen LogP contribution is -2.28. The highest BCUT2D eigenvalue weighted by Gasteiger charge is 2.04. The second-order valence-electron chi connectivity index (χ2n) is 3.70. The summed E-state index contributed by atoms with van der Waals surface area (Å²) in [4.78, 5) is 20.4. The lowest BCUT2D eigenvalue weighted by atomic mass is 10.4. The van der Waals surface area contributed by atoms with Crippen molar-refractivity contribution >= 4 is 23.1 Å². The van der Waals surface area contributed by atoms with E-state index in [0.29, 0.717) is 13.1 Å². The van der Waals surface area contributed by atoms with Gasteiger partial charge in [-0.15, -0.1) is 11.3 Å². The van der Waals surface area contributed by atoms with Crippen LogP contribution in [0, 0.1) is 6.92 Å². The Labute approximate surface area is 109 Å². The van der Waals surface area contributed by atoms with E-state index in [1.807, 2.05) is 24.4 Å². The van der Waals surface area contributed by atoms with Gasteiger partial charge in [-0.2, -0.15) is 0 Å². The summed E-state index contributed by atoms with van der Waals surface area (Å²) in [5, 5.41) is 7.84. The van der Waals surface area contributed by atoms with Crippen molar-refractivity contribution in [3.8, 4) is 0 Å². The first-order valence-corrected chi connectivity index (χ1v) is 6.48. The van der Waals surface area contributed by atoms with Gasteiger partial charge in [0.1, 0.15) is 12.1 Å². The Hall–Kier alpha value is -1.95. The Bertz CT molecular complexity index is 513. The van der Waals surface area contributed by atoms with Crippen molar-refractivity contribution in [2.24, 2.45) is 0 Å². The molecule has 0 atom stereocenters. The molecule has 18 heavy (non-hydrogen) atoms. The average Bonchev–Trinajstić information content (AvgIpc) is 2.88. The van der Waals surface area contributed by atoms with Gasteiger partial charge >= 0.3 is 0 Å². The van der Waals surface area contributed by atoms with Crippen molar-refractivity contribution in [2.75, 3.05) is 18.4 Å². The highest BCUT2D eigenvalue weighted by atomic mass is 32.1. The molecule has 6 heteroatoms. The molecular weight excluding hydrogens is 248 g/mol. The predicted molar refractivity (Wildman–Crippen MR) is 71.9 cm³/mol. The number of aromatic nitrogens is 2. The van der Waals surface area contributed by atoms with Gasteiger partial charge in [0.05, 0.1) is 4.88 Å². The predicted octanol–water partition coefficient (Wildman–Crippen LogP) is 1.69. The molecule has 0 aliphatic heterocycles. The smallest absolute Gasteiger partial charge is 0.261 e. The number of carbonyl (C=O) groups is 1. The molecule has 0 radical (unpaired) electrons. The molecule has 0 aromatic carbocycles. The van der Waals surface area contributed by atoms with Crippen LogP contribution in [-0.2, 0) is 0 Å². The molecule has 94 valence electrons. The normalized spacial score (nSPS) is 10.1. The minimum absolute atomic E-state index is 0.0364. The SMILES string of the molecule is Cc1cc(NCCNC(=O)c2cccs2)ncn1. The molecule has 1 amide bonds. The quantitative estimate of drug-likeness (QED) is 0.805. The van der Waals surface area contributed by atoms with Gasteiger partial charge in [-0.3, -0.25) is 4.79 Å². The van der Waals surface area contributed by atoms with Gasteiger partial charge in [-0.25, -0.2) is 9.97 Å². The summed E-state index contributed by atoms with van der Waals surface area (Å²) in [5.74, 6) is 0.735. The maximum absolute atomic E-state index is 11.6. The topological polar surface area (TPSA) is 66.9 Å². The summed E-state index contributed by atoms with van der Waals surface area (Å²) in [7, 11) is 0. The first-order chi connectivity index (χ1) is 8.75. The molecule has 0 saturated carbocycles. The van der Waals surface area contributed by atoms with Crippen molar-refractivity contribution in [3.05, 3.63) is 40.5 Å². The molecule has 0 saturated heterocycles. The van der Waals surface area contributed by atoms with Gasteiger partial charge < -0.3 is 10.6 Å². The zero-order valence-corrected chi connectivity index (χ0v) is 10.8. The number of hydrogen-bond acceptors (Lipinski definition) is 5. The molecule has 0 aliphatic carbocycles. The molecule has 2 aromatic heterocycles. The van der Waals surface area contributed by atoms with Crippen LogP contribution in [0.25, 0.3) is 0 Å². The molecule has 2 aromatic rings. The van der Waals surface area contributed by atoms with Crippen LogP contribution in [0.4, 0.5) is 5.82 Å². The van der Waals surface area contributed by atoms with E-state index in [2.05, 4.69) is 20.6 Å². The van der Waals surface area contributed by atoms with Gasteiger partial charge in [0.15, 0.2) is 0 Å². The monoisotopic (exact) mass is 262 g/mol. The summed E-state index contributed by atoms with van der Waals surface area (Å²) in [6, 6.07) is 5.53. The lowest BCUT2D eigenvalue weighted by Gasteiger charge is -2.06. The third kappa shape index (κ3) is 3.53. The standard InChI is InChI=1S/C12H14N4OS/c1-9-7-11(16-8-15-9)13-4-5-14-12(17)10-3-2-6-18-10/h2-3,6-8H,4-5H2,1H3,(H,14,17)(H,13,15,16). The maximum atomic E-state index is 11.6. The van der Waals surface area contributed by atoms with E-state index in [9.17, 15) is 4.79 Å². The van der Waals surface area contributed by atoms with E-state index in [4.69, 9.17) is 0 Å². The van der Waals surface area contributed by atoms with E-state index in [0.717, 1.165) is 16.4 Å². The largest absolute Gasteiger partial charge is 0.368 e. The number of thiophene rings is 1. The van der Waals surface area contributed by atoms with E-state index in [1.165, 1.54) is 17.7 Å². The number of hydrogen-bond donors (Lipinski definition) is 2. The van der Waals surface area contributed by atoms with E-state index < -0.39 is 0 Å². The summed E-state index contributed by atoms with van der Waals surface area (Å²) < 4.78 is 0. The molecule has 0 bridgehead atoms. The van der Waals surface area contributed by atoms with Crippen LogP contribution in [0.5, 0.6) is 0 Å². The summed E-state index contributed by atoms with van der Waals surface area (Å²) in [6.07, 6.45) is 1.52. The van der Waals surface area contributed by atoms with Crippen molar-refractivity contribution in [3.63, 3.8) is 0 Å². The van der Waals surface area contributed by atoms with Gasteiger partial charge in [0.2, 0.25) is 0 Å². The van der Waals surface area contributed by atoms with Crippen LogP contribution < -0.4 is 10.6 Å². The van der Waals surface area contributed by atoms with Crippen molar-refractivity contribution in [1.82, 2.24) is 15.3 Å². The van der Waals surface area contributed by atoms with E-state index >= 15 is 0 Å². The van der Waals surface area contributed by atoms with E-state index in [1.54, 1.807) is 6.07 Å². The molecule has 0 aliphatic rings. The van der Waals surface area contributed by atoms with Crippen LogP contribution in [-0.4, -0.2) is 29.0 Å². The second kappa shape index (κ2) is 6.11. The third-order valence-corrected chi connectivity index (χ3v) is 3.13. The molecule has 5 nitrogen and oxygen atoms in total. The Morgan fingerprint density at radius 3 is 3.00 bits per heavy atom. The molecule has 2 rings (SSSR count). The van der Waals surface area contributed by atoms with Crippen LogP contribution in [0.3, 0.4) is 0 Å². The van der Waals surface area contributed by atoms with Gasteiger partial charge in [0.25, 0.3) is 5.91 Å². The van der Waals surface area contributed by atoms with Crippen LogP contribution in [0.1, 0.15) is 15.4 Å². The minimum Gasteiger partial charge on any atom is -0.368 e. The Morgan fingerprint density at radius 1 is 1.39 bits per heavy atom. The van der Waals surface area contributed by atoms with Crippen LogP contribution in [0.15, 0.2) is 29.9 Å². The summed E-state index contributed by atoms with van der Waals surface area (Å²) in [6.45, 7) is 3.10. The summed E-state index contributed by atoms with van der Waals surface area (Å²) in [5.41, 5.74) is 0.912. The highest BCUT2D eigenvalue weighted by molar-refractivity contribution is 7.12. The molecule has 2 N–H and O–H groups in total. The van der Waals surface area contributed by atoms with Gasteiger partial charge in [0, 0.05) is 24.8 Å². The zero-order valence-electron chi connectivity index (χ0n) is 10.0. The lowest BCUT2D eigenvalue weighted by molar-refractivity contribution is 0.0959. The number of rotatable bonds is 5. The summed E-state index contributed by atoms with van der Waals surface area (Å²) >= 11 is 1.43. The fourth-order valence-corrected chi connectivity index (χ4v) is 2.05. The van der Waals surface area contributed by atoms with Crippen molar-refractivity contribution in [2.45, 2.75) is 6.92 Å².